The highest BCUT2D eigenvalue weighted by molar-refractivity contribution is 9.10. The maximum Gasteiger partial charge on any atom is 0.122 e. The molecule has 1 aliphatic rings. The van der Waals surface area contributed by atoms with Crippen LogP contribution in [0.25, 0.3) is 6.08 Å². The first-order valence-electron chi connectivity index (χ1n) is 4.97. The molecule has 0 aliphatic heterocycles. The van der Waals surface area contributed by atoms with E-state index in [1.54, 1.807) is 6.08 Å². The van der Waals surface area contributed by atoms with Crippen LogP contribution < -0.4 is 0 Å². The molecule has 1 nitrogen and oxygen atoms in total. The van der Waals surface area contributed by atoms with E-state index in [-0.39, 0.29) is 5.76 Å². The molecule has 0 spiro atoms. The molecule has 80 valence electrons. The Morgan fingerprint density at radius 3 is 2.31 bits per heavy atom. The topological polar surface area (TPSA) is 20.2 Å². The fraction of sp³-hybridized carbons (Fsp3) is 0. The Labute approximate surface area is 103 Å². The van der Waals surface area contributed by atoms with E-state index in [9.17, 15) is 5.11 Å². The van der Waals surface area contributed by atoms with Crippen molar-refractivity contribution in [3.8, 4) is 0 Å². The molecule has 2 rings (SSSR count). The predicted molar refractivity (Wildman–Crippen MR) is 71.1 cm³/mol. The lowest BCUT2D eigenvalue weighted by atomic mass is 10.2. The van der Waals surface area contributed by atoms with Gasteiger partial charge in [0.1, 0.15) is 5.76 Å². The molecule has 0 radical (unpaired) electrons. The normalized spacial score (nSPS) is 13.9. The first-order valence-corrected chi connectivity index (χ1v) is 5.76. The molecule has 1 aromatic carbocycles. The molecular formula is C14H11BrO. The molecule has 1 aromatic rings. The Morgan fingerprint density at radius 2 is 1.69 bits per heavy atom. The zero-order valence-electron chi connectivity index (χ0n) is 8.60. The molecular weight excluding hydrogens is 264 g/mol. The van der Waals surface area contributed by atoms with Crippen molar-refractivity contribution in [3.63, 3.8) is 0 Å². The second-order valence-electron chi connectivity index (χ2n) is 3.44. The van der Waals surface area contributed by atoms with Crippen molar-refractivity contribution in [3.05, 3.63) is 76.0 Å². The van der Waals surface area contributed by atoms with Crippen LogP contribution >= 0.6 is 15.9 Å². The van der Waals surface area contributed by atoms with Gasteiger partial charge in [0.2, 0.25) is 0 Å². The van der Waals surface area contributed by atoms with Gasteiger partial charge in [-0.1, -0.05) is 58.4 Å². The van der Waals surface area contributed by atoms with Crippen LogP contribution in [0.3, 0.4) is 0 Å². The highest BCUT2D eigenvalue weighted by Crippen LogP contribution is 2.15. The van der Waals surface area contributed by atoms with Gasteiger partial charge in [-0.05, 0) is 23.8 Å². The van der Waals surface area contributed by atoms with Crippen molar-refractivity contribution in [2.45, 2.75) is 0 Å². The minimum absolute atomic E-state index is 0.285. The summed E-state index contributed by atoms with van der Waals surface area (Å²) in [5.41, 5.74) is 1.90. The molecule has 0 unspecified atom stereocenters. The third-order valence-corrected chi connectivity index (χ3v) is 2.79. The minimum Gasteiger partial charge on any atom is -0.507 e. The number of hydrogen-bond acceptors (Lipinski definition) is 1. The number of allylic oxidation sites excluding steroid dienone is 6. The van der Waals surface area contributed by atoms with Gasteiger partial charge >= 0.3 is 0 Å². The van der Waals surface area contributed by atoms with Crippen LogP contribution in [-0.2, 0) is 0 Å². The van der Waals surface area contributed by atoms with Crippen molar-refractivity contribution in [2.24, 2.45) is 0 Å². The number of aliphatic hydroxyl groups is 1. The van der Waals surface area contributed by atoms with E-state index in [0.717, 1.165) is 15.6 Å². The third kappa shape index (κ3) is 2.74. The molecule has 0 aromatic heterocycles. The summed E-state index contributed by atoms with van der Waals surface area (Å²) in [6, 6.07) is 7.91. The third-order valence-electron chi connectivity index (χ3n) is 2.26. The van der Waals surface area contributed by atoms with Crippen molar-refractivity contribution < 1.29 is 5.11 Å². The fourth-order valence-corrected chi connectivity index (χ4v) is 1.65. The molecule has 0 atom stereocenters. The molecule has 0 bridgehead atoms. The van der Waals surface area contributed by atoms with Crippen LogP contribution in [-0.4, -0.2) is 5.11 Å². The van der Waals surface area contributed by atoms with Crippen LogP contribution in [0.1, 0.15) is 5.56 Å². The minimum atomic E-state index is 0.285. The summed E-state index contributed by atoms with van der Waals surface area (Å²) in [6.07, 6.45) is 11.1. The molecule has 0 saturated carbocycles. The molecule has 0 fully saturated rings. The van der Waals surface area contributed by atoms with Crippen molar-refractivity contribution in [2.75, 3.05) is 0 Å². The van der Waals surface area contributed by atoms with E-state index in [2.05, 4.69) is 15.9 Å². The standard InChI is InChI=1S/C14H11BrO/c15-13-8-5-11(6-9-13)7-10-14(16)12-3-1-2-4-12/h1-10,16H/b10-7+. The van der Waals surface area contributed by atoms with Crippen molar-refractivity contribution in [1.82, 2.24) is 0 Å². The van der Waals surface area contributed by atoms with Gasteiger partial charge in [0.05, 0.1) is 0 Å². The lowest BCUT2D eigenvalue weighted by Crippen LogP contribution is -1.80. The number of halogens is 1. The van der Waals surface area contributed by atoms with Crippen LogP contribution in [0.4, 0.5) is 0 Å². The van der Waals surface area contributed by atoms with Gasteiger partial charge in [0.25, 0.3) is 0 Å². The van der Waals surface area contributed by atoms with E-state index in [4.69, 9.17) is 0 Å². The molecule has 16 heavy (non-hydrogen) atoms. The van der Waals surface area contributed by atoms with Crippen LogP contribution in [0.2, 0.25) is 0 Å². The molecule has 0 heterocycles. The van der Waals surface area contributed by atoms with E-state index in [1.165, 1.54) is 0 Å². The molecule has 1 aliphatic carbocycles. The maximum atomic E-state index is 9.75. The average molecular weight is 275 g/mol. The number of hydrogen-bond donors (Lipinski definition) is 1. The van der Waals surface area contributed by atoms with E-state index < -0.39 is 0 Å². The summed E-state index contributed by atoms with van der Waals surface area (Å²) in [5.74, 6) is 0.285. The quantitative estimate of drug-likeness (QED) is 0.793. The van der Waals surface area contributed by atoms with Gasteiger partial charge in [0.15, 0.2) is 0 Å². The van der Waals surface area contributed by atoms with Crippen LogP contribution in [0.15, 0.2) is 70.5 Å². The van der Waals surface area contributed by atoms with Gasteiger partial charge in [0, 0.05) is 10.0 Å². The second-order valence-corrected chi connectivity index (χ2v) is 4.36. The van der Waals surface area contributed by atoms with Gasteiger partial charge < -0.3 is 5.11 Å². The molecule has 1 N–H and O–H groups in total. The van der Waals surface area contributed by atoms with Crippen molar-refractivity contribution >= 4 is 22.0 Å². The Kier molecular flexibility index (Phi) is 3.42. The Morgan fingerprint density at radius 1 is 1.06 bits per heavy atom. The summed E-state index contributed by atoms with van der Waals surface area (Å²) in [6.45, 7) is 0. The predicted octanol–water partition coefficient (Wildman–Crippen LogP) is 4.40. The van der Waals surface area contributed by atoms with E-state index >= 15 is 0 Å². The number of aliphatic hydroxyl groups excluding tert-OH is 1. The Hall–Kier alpha value is -1.54. The molecule has 2 heteroatoms. The van der Waals surface area contributed by atoms with Gasteiger partial charge in [-0.2, -0.15) is 0 Å². The first-order chi connectivity index (χ1) is 7.75. The summed E-state index contributed by atoms with van der Waals surface area (Å²) in [7, 11) is 0. The zero-order chi connectivity index (χ0) is 11.4. The number of rotatable bonds is 2. The Bertz CT molecular complexity index is 476. The largest absolute Gasteiger partial charge is 0.507 e. The highest BCUT2D eigenvalue weighted by atomic mass is 79.9. The van der Waals surface area contributed by atoms with Crippen LogP contribution in [0.5, 0.6) is 0 Å². The van der Waals surface area contributed by atoms with Crippen molar-refractivity contribution in [1.29, 1.82) is 0 Å². The summed E-state index contributed by atoms with van der Waals surface area (Å²) < 4.78 is 1.05. The lowest BCUT2D eigenvalue weighted by molar-refractivity contribution is 0.430. The first kappa shape index (κ1) is 11.0. The number of benzene rings is 1. The highest BCUT2D eigenvalue weighted by Gasteiger charge is 1.97. The zero-order valence-corrected chi connectivity index (χ0v) is 10.2. The molecule has 0 saturated heterocycles. The Balaban J connectivity index is 2.15. The summed E-state index contributed by atoms with van der Waals surface area (Å²) >= 11 is 3.38. The summed E-state index contributed by atoms with van der Waals surface area (Å²) in [4.78, 5) is 0. The van der Waals surface area contributed by atoms with Gasteiger partial charge in [-0.3, -0.25) is 0 Å². The monoisotopic (exact) mass is 274 g/mol. The smallest absolute Gasteiger partial charge is 0.122 e. The van der Waals surface area contributed by atoms with E-state index in [1.807, 2.05) is 54.6 Å². The maximum absolute atomic E-state index is 9.75. The van der Waals surface area contributed by atoms with Crippen LogP contribution in [0, 0.1) is 0 Å². The SMILES string of the molecule is OC(/C=C/c1ccc(Br)cc1)=C1C=CC=C1. The average Bonchev–Trinajstić information content (AvgIpc) is 2.81. The fourth-order valence-electron chi connectivity index (χ4n) is 1.39. The second kappa shape index (κ2) is 4.99. The molecule has 0 amide bonds. The van der Waals surface area contributed by atoms with Gasteiger partial charge in [-0.25, -0.2) is 0 Å². The lowest BCUT2D eigenvalue weighted by Gasteiger charge is -1.96. The van der Waals surface area contributed by atoms with Gasteiger partial charge in [-0.15, -0.1) is 0 Å². The van der Waals surface area contributed by atoms with E-state index in [0.29, 0.717) is 0 Å². The summed E-state index contributed by atoms with van der Waals surface area (Å²) in [5, 5.41) is 9.75.